The molecular weight excluding hydrogens is 330 g/mol. The molecule has 2 aromatic rings. The molecule has 134 valence electrons. The van der Waals surface area contributed by atoms with Gasteiger partial charge in [0.1, 0.15) is 0 Å². The van der Waals surface area contributed by atoms with E-state index in [9.17, 15) is 14.4 Å². The maximum Gasteiger partial charge on any atom is 0.255 e. The number of hydrogen-bond donors (Lipinski definition) is 2. The smallest absolute Gasteiger partial charge is 0.255 e. The summed E-state index contributed by atoms with van der Waals surface area (Å²) >= 11 is 0. The number of anilines is 1. The van der Waals surface area contributed by atoms with Crippen LogP contribution in [-0.2, 0) is 11.3 Å². The molecule has 3 amide bonds. The summed E-state index contributed by atoms with van der Waals surface area (Å²) < 4.78 is 0. The average molecular weight is 351 g/mol. The van der Waals surface area contributed by atoms with Crippen LogP contribution in [0.4, 0.5) is 5.69 Å². The van der Waals surface area contributed by atoms with Gasteiger partial charge in [0.25, 0.3) is 11.8 Å². The quantitative estimate of drug-likeness (QED) is 0.868. The van der Waals surface area contributed by atoms with E-state index >= 15 is 0 Å². The third kappa shape index (κ3) is 4.08. The van der Waals surface area contributed by atoms with Crippen LogP contribution in [0.3, 0.4) is 0 Å². The lowest BCUT2D eigenvalue weighted by molar-refractivity contribution is -0.128. The molecule has 2 N–H and O–H groups in total. The van der Waals surface area contributed by atoms with E-state index in [1.54, 1.807) is 43.4 Å². The van der Waals surface area contributed by atoms with Gasteiger partial charge in [-0.1, -0.05) is 18.2 Å². The molecule has 0 aromatic heterocycles. The minimum atomic E-state index is -0.256. The van der Waals surface area contributed by atoms with Gasteiger partial charge in [-0.15, -0.1) is 0 Å². The van der Waals surface area contributed by atoms with E-state index < -0.39 is 0 Å². The SMILES string of the molecule is CNC(=O)c1cccc(NC(=O)c2cccc(CN3CCCC3=O)c2)c1. The summed E-state index contributed by atoms with van der Waals surface area (Å²) in [5.74, 6) is -0.307. The van der Waals surface area contributed by atoms with Gasteiger partial charge in [0.2, 0.25) is 5.91 Å². The third-order valence-corrected chi connectivity index (χ3v) is 4.34. The topological polar surface area (TPSA) is 78.5 Å². The molecule has 0 bridgehead atoms. The molecule has 0 spiro atoms. The monoisotopic (exact) mass is 351 g/mol. The molecule has 0 unspecified atom stereocenters. The van der Waals surface area contributed by atoms with Crippen molar-refractivity contribution in [2.45, 2.75) is 19.4 Å². The van der Waals surface area contributed by atoms with Crippen LogP contribution >= 0.6 is 0 Å². The molecule has 0 atom stereocenters. The van der Waals surface area contributed by atoms with Crippen molar-refractivity contribution in [2.24, 2.45) is 0 Å². The highest BCUT2D eigenvalue weighted by atomic mass is 16.2. The molecule has 1 aliphatic rings. The van der Waals surface area contributed by atoms with Gasteiger partial charge < -0.3 is 15.5 Å². The first-order valence-corrected chi connectivity index (χ1v) is 8.57. The maximum absolute atomic E-state index is 12.5. The first kappa shape index (κ1) is 17.7. The Morgan fingerprint density at radius 1 is 1.04 bits per heavy atom. The van der Waals surface area contributed by atoms with Crippen LogP contribution in [0.15, 0.2) is 48.5 Å². The molecule has 0 radical (unpaired) electrons. The van der Waals surface area contributed by atoms with Crippen LogP contribution in [0.2, 0.25) is 0 Å². The summed E-state index contributed by atoms with van der Waals surface area (Å²) in [6.45, 7) is 1.29. The van der Waals surface area contributed by atoms with Crippen molar-refractivity contribution >= 4 is 23.4 Å². The van der Waals surface area contributed by atoms with E-state index in [2.05, 4.69) is 10.6 Å². The zero-order valence-corrected chi connectivity index (χ0v) is 14.6. The van der Waals surface area contributed by atoms with Crippen molar-refractivity contribution in [3.05, 3.63) is 65.2 Å². The lowest BCUT2D eigenvalue weighted by Crippen LogP contribution is -2.24. The second kappa shape index (κ2) is 7.82. The number of hydrogen-bond acceptors (Lipinski definition) is 3. The van der Waals surface area contributed by atoms with E-state index in [0.29, 0.717) is 29.8 Å². The number of rotatable bonds is 5. The fourth-order valence-corrected chi connectivity index (χ4v) is 2.99. The molecule has 1 aliphatic heterocycles. The Hall–Kier alpha value is -3.15. The lowest BCUT2D eigenvalue weighted by Gasteiger charge is -2.16. The second-order valence-electron chi connectivity index (χ2n) is 6.23. The van der Waals surface area contributed by atoms with Crippen molar-refractivity contribution in [3.63, 3.8) is 0 Å². The summed E-state index contributed by atoms with van der Waals surface area (Å²) in [5, 5.41) is 5.36. The van der Waals surface area contributed by atoms with Crippen molar-refractivity contribution in [2.75, 3.05) is 18.9 Å². The largest absolute Gasteiger partial charge is 0.355 e. The normalized spacial score (nSPS) is 13.6. The number of nitrogens with one attached hydrogen (secondary N) is 2. The van der Waals surface area contributed by atoms with E-state index in [1.807, 2.05) is 17.0 Å². The average Bonchev–Trinajstić information content (AvgIpc) is 3.06. The van der Waals surface area contributed by atoms with Crippen LogP contribution in [0.1, 0.15) is 39.1 Å². The lowest BCUT2D eigenvalue weighted by atomic mass is 10.1. The van der Waals surface area contributed by atoms with Gasteiger partial charge in [-0.05, 0) is 42.3 Å². The summed E-state index contributed by atoms with van der Waals surface area (Å²) in [7, 11) is 1.56. The minimum absolute atomic E-state index is 0.158. The Morgan fingerprint density at radius 2 is 1.77 bits per heavy atom. The van der Waals surface area contributed by atoms with Crippen molar-refractivity contribution in [1.82, 2.24) is 10.2 Å². The van der Waals surface area contributed by atoms with Crippen molar-refractivity contribution in [3.8, 4) is 0 Å². The van der Waals surface area contributed by atoms with E-state index in [-0.39, 0.29) is 17.7 Å². The minimum Gasteiger partial charge on any atom is -0.355 e. The number of amides is 3. The Labute approximate surface area is 152 Å². The van der Waals surface area contributed by atoms with Crippen molar-refractivity contribution in [1.29, 1.82) is 0 Å². The molecule has 1 fully saturated rings. The highest BCUT2D eigenvalue weighted by Crippen LogP contribution is 2.17. The number of benzene rings is 2. The second-order valence-corrected chi connectivity index (χ2v) is 6.23. The zero-order valence-electron chi connectivity index (χ0n) is 14.6. The zero-order chi connectivity index (χ0) is 18.5. The number of nitrogens with zero attached hydrogens (tertiary/aromatic N) is 1. The maximum atomic E-state index is 12.5. The summed E-state index contributed by atoms with van der Waals surface area (Å²) in [6.07, 6.45) is 1.49. The van der Waals surface area contributed by atoms with Gasteiger partial charge in [0.05, 0.1) is 0 Å². The molecule has 26 heavy (non-hydrogen) atoms. The van der Waals surface area contributed by atoms with Gasteiger partial charge in [-0.25, -0.2) is 0 Å². The Balaban J connectivity index is 1.71. The molecule has 6 heteroatoms. The summed E-state index contributed by atoms with van der Waals surface area (Å²) in [6, 6.07) is 14.0. The predicted molar refractivity (Wildman–Crippen MR) is 98.9 cm³/mol. The van der Waals surface area contributed by atoms with Crippen LogP contribution in [0.25, 0.3) is 0 Å². The van der Waals surface area contributed by atoms with Gasteiger partial charge in [-0.3, -0.25) is 14.4 Å². The highest BCUT2D eigenvalue weighted by Gasteiger charge is 2.20. The molecule has 3 rings (SSSR count). The molecule has 0 aliphatic carbocycles. The van der Waals surface area contributed by atoms with Crippen LogP contribution in [-0.4, -0.2) is 36.2 Å². The van der Waals surface area contributed by atoms with Crippen LogP contribution in [0.5, 0.6) is 0 Å². The van der Waals surface area contributed by atoms with E-state index in [4.69, 9.17) is 0 Å². The Morgan fingerprint density at radius 3 is 2.46 bits per heavy atom. The van der Waals surface area contributed by atoms with Gasteiger partial charge in [0, 0.05) is 43.4 Å². The molecule has 1 heterocycles. The summed E-state index contributed by atoms with van der Waals surface area (Å²) in [5.41, 5.74) is 2.47. The number of carbonyl (C=O) groups excluding carboxylic acids is 3. The van der Waals surface area contributed by atoms with Gasteiger partial charge in [0.15, 0.2) is 0 Å². The highest BCUT2D eigenvalue weighted by molar-refractivity contribution is 6.05. The van der Waals surface area contributed by atoms with E-state index in [0.717, 1.165) is 18.5 Å². The molecule has 2 aromatic carbocycles. The van der Waals surface area contributed by atoms with Crippen LogP contribution in [0, 0.1) is 0 Å². The molecule has 6 nitrogen and oxygen atoms in total. The standard InChI is InChI=1S/C20H21N3O3/c1-21-19(25)16-7-3-8-17(12-16)22-20(26)15-6-2-5-14(11-15)13-23-10-4-9-18(23)24/h2-3,5-8,11-12H,4,9-10,13H2,1H3,(H,21,25)(H,22,26). The number of likely N-dealkylation sites (tertiary alicyclic amines) is 1. The fourth-order valence-electron chi connectivity index (χ4n) is 2.99. The Bertz CT molecular complexity index is 848. The summed E-state index contributed by atoms with van der Waals surface area (Å²) in [4.78, 5) is 37.8. The molecular formula is C20H21N3O3. The van der Waals surface area contributed by atoms with Gasteiger partial charge >= 0.3 is 0 Å². The van der Waals surface area contributed by atoms with Gasteiger partial charge in [-0.2, -0.15) is 0 Å². The molecule has 0 saturated carbocycles. The first-order valence-electron chi connectivity index (χ1n) is 8.57. The van der Waals surface area contributed by atoms with Crippen molar-refractivity contribution < 1.29 is 14.4 Å². The first-order chi connectivity index (χ1) is 12.6. The van der Waals surface area contributed by atoms with E-state index in [1.165, 1.54) is 0 Å². The number of carbonyl (C=O) groups is 3. The predicted octanol–water partition coefficient (Wildman–Crippen LogP) is 2.42. The Kier molecular flexibility index (Phi) is 5.31. The fraction of sp³-hybridized carbons (Fsp3) is 0.250. The molecule has 1 saturated heterocycles. The third-order valence-electron chi connectivity index (χ3n) is 4.34. The van der Waals surface area contributed by atoms with Crippen LogP contribution < -0.4 is 10.6 Å².